The van der Waals surface area contributed by atoms with Crippen LogP contribution in [0.4, 0.5) is 0 Å². The third-order valence-electron chi connectivity index (χ3n) is 4.81. The Hall–Kier alpha value is -2.33. The van der Waals surface area contributed by atoms with Crippen molar-refractivity contribution in [2.75, 3.05) is 19.0 Å². The molecule has 0 saturated carbocycles. The van der Waals surface area contributed by atoms with E-state index in [0.717, 1.165) is 24.0 Å². The quantitative estimate of drug-likeness (QED) is 0.822. The molecular formula is C21H23ClN2O2. The largest absolute Gasteiger partial charge is 0.352 e. The van der Waals surface area contributed by atoms with Crippen LogP contribution in [0.15, 0.2) is 60.7 Å². The summed E-state index contributed by atoms with van der Waals surface area (Å²) in [6.45, 7) is 1.28. The van der Waals surface area contributed by atoms with Crippen molar-refractivity contribution in [3.05, 3.63) is 71.8 Å². The van der Waals surface area contributed by atoms with E-state index >= 15 is 0 Å². The molecule has 4 nitrogen and oxygen atoms in total. The smallest absolute Gasteiger partial charge is 0.235 e. The molecule has 0 bridgehead atoms. The third kappa shape index (κ3) is 4.44. The molecule has 2 amide bonds. The average molecular weight is 371 g/mol. The molecular weight excluding hydrogens is 348 g/mol. The van der Waals surface area contributed by atoms with E-state index < -0.39 is 0 Å². The molecule has 1 N–H and O–H groups in total. The molecule has 0 aliphatic carbocycles. The van der Waals surface area contributed by atoms with E-state index in [0.29, 0.717) is 13.1 Å². The normalized spacial score (nSPS) is 15.1. The SMILES string of the molecule is O=C(CCl)NC1CCN(C(=O)C(c2ccccc2)c2ccccc2)CC1. The van der Waals surface area contributed by atoms with Crippen LogP contribution in [0.5, 0.6) is 0 Å². The third-order valence-corrected chi connectivity index (χ3v) is 5.05. The summed E-state index contributed by atoms with van der Waals surface area (Å²) in [5.74, 6) is -0.359. The summed E-state index contributed by atoms with van der Waals surface area (Å²) < 4.78 is 0. The molecule has 26 heavy (non-hydrogen) atoms. The molecule has 0 aromatic heterocycles. The fourth-order valence-electron chi connectivity index (χ4n) is 3.46. The first kappa shape index (κ1) is 18.5. The number of halogens is 1. The van der Waals surface area contributed by atoms with E-state index in [-0.39, 0.29) is 29.7 Å². The zero-order chi connectivity index (χ0) is 18.4. The summed E-state index contributed by atoms with van der Waals surface area (Å²) in [6, 6.07) is 19.9. The van der Waals surface area contributed by atoms with Crippen LogP contribution in [0, 0.1) is 0 Å². The highest BCUT2D eigenvalue weighted by Crippen LogP contribution is 2.28. The van der Waals surface area contributed by atoms with E-state index in [1.165, 1.54) is 0 Å². The van der Waals surface area contributed by atoms with Crippen LogP contribution in [0.25, 0.3) is 0 Å². The first-order valence-corrected chi connectivity index (χ1v) is 9.46. The van der Waals surface area contributed by atoms with Gasteiger partial charge in [-0.15, -0.1) is 11.6 Å². The number of carbonyl (C=O) groups excluding carboxylic acids is 2. The Bertz CT molecular complexity index is 689. The van der Waals surface area contributed by atoms with Gasteiger partial charge in [-0.2, -0.15) is 0 Å². The topological polar surface area (TPSA) is 49.4 Å². The molecule has 1 aliphatic heterocycles. The molecule has 3 rings (SSSR count). The Balaban J connectivity index is 1.74. The fraction of sp³-hybridized carbons (Fsp3) is 0.333. The van der Waals surface area contributed by atoms with Gasteiger partial charge in [-0.25, -0.2) is 0 Å². The minimum absolute atomic E-state index is 0.0246. The summed E-state index contributed by atoms with van der Waals surface area (Å²) in [5.41, 5.74) is 2.00. The number of nitrogens with zero attached hydrogens (tertiary/aromatic N) is 1. The van der Waals surface area contributed by atoms with Crippen molar-refractivity contribution < 1.29 is 9.59 Å². The lowest BCUT2D eigenvalue weighted by molar-refractivity contribution is -0.133. The maximum Gasteiger partial charge on any atom is 0.235 e. The highest BCUT2D eigenvalue weighted by atomic mass is 35.5. The van der Waals surface area contributed by atoms with Gasteiger partial charge in [0.25, 0.3) is 0 Å². The van der Waals surface area contributed by atoms with E-state index in [1.54, 1.807) is 0 Å². The maximum atomic E-state index is 13.3. The number of benzene rings is 2. The zero-order valence-electron chi connectivity index (χ0n) is 14.6. The van der Waals surface area contributed by atoms with Crippen molar-refractivity contribution in [1.82, 2.24) is 10.2 Å². The van der Waals surface area contributed by atoms with Crippen LogP contribution in [0.1, 0.15) is 29.9 Å². The molecule has 1 heterocycles. The summed E-state index contributed by atoms with van der Waals surface area (Å²) in [5, 5.41) is 2.91. The van der Waals surface area contributed by atoms with Crippen LogP contribution in [-0.2, 0) is 9.59 Å². The predicted octanol–water partition coefficient (Wildman–Crippen LogP) is 3.16. The second-order valence-corrected chi connectivity index (χ2v) is 6.82. The van der Waals surface area contributed by atoms with Gasteiger partial charge in [0.15, 0.2) is 0 Å². The van der Waals surface area contributed by atoms with Gasteiger partial charge >= 0.3 is 0 Å². The highest BCUT2D eigenvalue weighted by molar-refractivity contribution is 6.27. The molecule has 136 valence electrons. The van der Waals surface area contributed by atoms with Gasteiger partial charge in [0.05, 0.1) is 5.92 Å². The first-order valence-electron chi connectivity index (χ1n) is 8.93. The van der Waals surface area contributed by atoms with Gasteiger partial charge in [0.1, 0.15) is 5.88 Å². The minimum atomic E-state index is -0.300. The average Bonchev–Trinajstić information content (AvgIpc) is 2.70. The number of piperidine rings is 1. The van der Waals surface area contributed by atoms with E-state index in [2.05, 4.69) is 5.32 Å². The first-order chi connectivity index (χ1) is 12.7. The molecule has 1 saturated heterocycles. The van der Waals surface area contributed by atoms with Gasteiger partial charge in [-0.05, 0) is 24.0 Å². The number of carbonyl (C=O) groups is 2. The number of alkyl halides is 1. The van der Waals surface area contributed by atoms with E-state index in [4.69, 9.17) is 11.6 Å². The monoisotopic (exact) mass is 370 g/mol. The van der Waals surface area contributed by atoms with Crippen LogP contribution in [0.3, 0.4) is 0 Å². The summed E-state index contributed by atoms with van der Waals surface area (Å²) in [4.78, 5) is 26.7. The maximum absolute atomic E-state index is 13.3. The second-order valence-electron chi connectivity index (χ2n) is 6.56. The van der Waals surface area contributed by atoms with Gasteiger partial charge in [-0.3, -0.25) is 9.59 Å². The van der Waals surface area contributed by atoms with Crippen molar-refractivity contribution in [2.45, 2.75) is 24.8 Å². The van der Waals surface area contributed by atoms with Crippen LogP contribution in [-0.4, -0.2) is 41.7 Å². The Kier molecular flexibility index (Phi) is 6.29. The number of likely N-dealkylation sites (tertiary alicyclic amines) is 1. The van der Waals surface area contributed by atoms with Gasteiger partial charge in [0.2, 0.25) is 11.8 Å². The zero-order valence-corrected chi connectivity index (χ0v) is 15.4. The Morgan fingerprint density at radius 1 is 0.962 bits per heavy atom. The summed E-state index contributed by atoms with van der Waals surface area (Å²) in [7, 11) is 0. The molecule has 1 fully saturated rings. The summed E-state index contributed by atoms with van der Waals surface area (Å²) in [6.07, 6.45) is 1.51. The van der Waals surface area contributed by atoms with Crippen molar-refractivity contribution in [2.24, 2.45) is 0 Å². The molecule has 1 aliphatic rings. The van der Waals surface area contributed by atoms with Gasteiger partial charge < -0.3 is 10.2 Å². The standard InChI is InChI=1S/C21H23ClN2O2/c22-15-19(25)23-18-11-13-24(14-12-18)21(26)20(16-7-3-1-4-8-16)17-9-5-2-6-10-17/h1-10,18,20H,11-15H2,(H,23,25). The molecule has 0 atom stereocenters. The van der Waals surface area contributed by atoms with Crippen molar-refractivity contribution in [3.8, 4) is 0 Å². The lowest BCUT2D eigenvalue weighted by Crippen LogP contribution is -2.48. The Morgan fingerprint density at radius 2 is 1.46 bits per heavy atom. The highest BCUT2D eigenvalue weighted by Gasteiger charge is 2.30. The number of hydrogen-bond donors (Lipinski definition) is 1. The van der Waals surface area contributed by atoms with Gasteiger partial charge in [-0.1, -0.05) is 60.7 Å². The molecule has 0 spiro atoms. The molecule has 2 aromatic carbocycles. The van der Waals surface area contributed by atoms with E-state index in [1.807, 2.05) is 65.6 Å². The number of rotatable bonds is 5. The Labute approximate surface area is 159 Å². The molecule has 5 heteroatoms. The van der Waals surface area contributed by atoms with Crippen LogP contribution in [0.2, 0.25) is 0 Å². The number of nitrogens with one attached hydrogen (secondary N) is 1. The number of hydrogen-bond acceptors (Lipinski definition) is 2. The predicted molar refractivity (Wildman–Crippen MR) is 103 cm³/mol. The molecule has 2 aromatic rings. The lowest BCUT2D eigenvalue weighted by atomic mass is 9.89. The summed E-state index contributed by atoms with van der Waals surface area (Å²) >= 11 is 5.55. The molecule has 0 radical (unpaired) electrons. The van der Waals surface area contributed by atoms with Crippen molar-refractivity contribution in [1.29, 1.82) is 0 Å². The lowest BCUT2D eigenvalue weighted by Gasteiger charge is -2.34. The van der Waals surface area contributed by atoms with Gasteiger partial charge in [0, 0.05) is 19.1 Å². The van der Waals surface area contributed by atoms with Crippen LogP contribution >= 0.6 is 11.6 Å². The second kappa shape index (κ2) is 8.86. The van der Waals surface area contributed by atoms with Crippen LogP contribution < -0.4 is 5.32 Å². The molecule has 0 unspecified atom stereocenters. The van der Waals surface area contributed by atoms with Crippen molar-refractivity contribution in [3.63, 3.8) is 0 Å². The minimum Gasteiger partial charge on any atom is -0.352 e. The number of amides is 2. The van der Waals surface area contributed by atoms with Crippen molar-refractivity contribution >= 4 is 23.4 Å². The fourth-order valence-corrected chi connectivity index (χ4v) is 3.54. The van der Waals surface area contributed by atoms with E-state index in [9.17, 15) is 9.59 Å². The Morgan fingerprint density at radius 3 is 1.92 bits per heavy atom.